The molecule has 2 heterocycles. The SMILES string of the molecule is C=CCN(Cc1cccc(C#N)c1)C(=O)c1cc(C)c2c(=O)[nH]c(=O)[nH]c2n1. The molecule has 0 saturated carbocycles. The summed E-state index contributed by atoms with van der Waals surface area (Å²) in [6.45, 7) is 5.87. The number of aromatic nitrogens is 3. The number of hydrogen-bond donors (Lipinski definition) is 2. The van der Waals surface area contributed by atoms with E-state index < -0.39 is 11.2 Å². The van der Waals surface area contributed by atoms with Crippen molar-refractivity contribution in [2.75, 3.05) is 6.54 Å². The first-order chi connectivity index (χ1) is 13.4. The van der Waals surface area contributed by atoms with Crippen LogP contribution in [0.4, 0.5) is 0 Å². The number of nitrogens with one attached hydrogen (secondary N) is 2. The van der Waals surface area contributed by atoms with Crippen LogP contribution in [-0.2, 0) is 6.54 Å². The third-order valence-electron chi connectivity index (χ3n) is 4.19. The quantitative estimate of drug-likeness (QED) is 0.656. The Balaban J connectivity index is 2.01. The fraction of sp³-hybridized carbons (Fsp3) is 0.150. The molecule has 0 spiro atoms. The van der Waals surface area contributed by atoms with Crippen molar-refractivity contribution in [1.82, 2.24) is 19.9 Å². The van der Waals surface area contributed by atoms with Crippen molar-refractivity contribution in [3.63, 3.8) is 0 Å². The summed E-state index contributed by atoms with van der Waals surface area (Å²) in [6.07, 6.45) is 1.59. The van der Waals surface area contributed by atoms with E-state index in [0.717, 1.165) is 5.56 Å². The van der Waals surface area contributed by atoms with Gasteiger partial charge in [0.25, 0.3) is 11.5 Å². The third-order valence-corrected chi connectivity index (χ3v) is 4.19. The number of nitrogens with zero attached hydrogens (tertiary/aromatic N) is 3. The Morgan fingerprint density at radius 1 is 1.32 bits per heavy atom. The van der Waals surface area contributed by atoms with Crippen molar-refractivity contribution in [2.45, 2.75) is 13.5 Å². The van der Waals surface area contributed by atoms with Crippen molar-refractivity contribution < 1.29 is 4.79 Å². The highest BCUT2D eigenvalue weighted by molar-refractivity contribution is 5.95. The highest BCUT2D eigenvalue weighted by Gasteiger charge is 2.19. The van der Waals surface area contributed by atoms with E-state index >= 15 is 0 Å². The van der Waals surface area contributed by atoms with Gasteiger partial charge >= 0.3 is 5.69 Å². The van der Waals surface area contributed by atoms with Gasteiger partial charge in [-0.15, -0.1) is 6.58 Å². The number of benzene rings is 1. The molecular weight excluding hydrogens is 358 g/mol. The van der Waals surface area contributed by atoms with Crippen molar-refractivity contribution in [2.24, 2.45) is 0 Å². The summed E-state index contributed by atoms with van der Waals surface area (Å²) in [6, 6.07) is 10.5. The molecule has 8 heteroatoms. The monoisotopic (exact) mass is 375 g/mol. The van der Waals surface area contributed by atoms with Crippen LogP contribution in [0.5, 0.6) is 0 Å². The Hall–Kier alpha value is -3.99. The maximum Gasteiger partial charge on any atom is 0.327 e. The number of pyridine rings is 1. The van der Waals surface area contributed by atoms with Crippen molar-refractivity contribution in [3.8, 4) is 6.07 Å². The molecule has 8 nitrogen and oxygen atoms in total. The van der Waals surface area contributed by atoms with Crippen LogP contribution >= 0.6 is 0 Å². The second-order valence-electron chi connectivity index (χ2n) is 6.24. The van der Waals surface area contributed by atoms with Gasteiger partial charge < -0.3 is 4.90 Å². The lowest BCUT2D eigenvalue weighted by Crippen LogP contribution is -2.32. The van der Waals surface area contributed by atoms with Gasteiger partial charge in [0.2, 0.25) is 0 Å². The number of nitriles is 1. The number of H-pyrrole nitrogens is 2. The maximum atomic E-state index is 13.0. The smallest absolute Gasteiger partial charge is 0.327 e. The minimum atomic E-state index is -0.690. The van der Waals surface area contributed by atoms with Crippen molar-refractivity contribution in [1.29, 1.82) is 5.26 Å². The molecule has 0 fully saturated rings. The standard InChI is InChI=1S/C20H17N5O3/c1-3-7-25(11-14-6-4-5-13(9-14)10-21)19(27)15-8-12(2)16-17(22-15)23-20(28)24-18(16)26/h3-6,8-9H,1,7,11H2,2H3,(H2,22,23,24,26,28). The zero-order valence-corrected chi connectivity index (χ0v) is 15.2. The highest BCUT2D eigenvalue weighted by Crippen LogP contribution is 2.15. The molecule has 1 aromatic carbocycles. The van der Waals surface area contributed by atoms with E-state index in [1.807, 2.05) is 6.07 Å². The molecule has 0 atom stereocenters. The van der Waals surface area contributed by atoms with E-state index in [-0.39, 0.29) is 35.7 Å². The fourth-order valence-corrected chi connectivity index (χ4v) is 2.96. The summed E-state index contributed by atoms with van der Waals surface area (Å²) in [7, 11) is 0. The first kappa shape index (κ1) is 18.8. The van der Waals surface area contributed by atoms with E-state index in [1.165, 1.54) is 11.0 Å². The van der Waals surface area contributed by atoms with E-state index in [2.05, 4.69) is 27.6 Å². The molecule has 3 aromatic rings. The summed E-state index contributed by atoms with van der Waals surface area (Å²) >= 11 is 0. The van der Waals surface area contributed by atoms with Crippen LogP contribution in [0.25, 0.3) is 11.0 Å². The summed E-state index contributed by atoms with van der Waals surface area (Å²) in [5.41, 5.74) is 0.725. The normalized spacial score (nSPS) is 10.4. The van der Waals surface area contributed by atoms with Crippen LogP contribution < -0.4 is 11.2 Å². The zero-order valence-electron chi connectivity index (χ0n) is 15.2. The maximum absolute atomic E-state index is 13.0. The molecule has 2 aromatic heterocycles. The molecule has 0 radical (unpaired) electrons. The number of hydrogen-bond acceptors (Lipinski definition) is 5. The Labute approximate surface area is 159 Å². The first-order valence-corrected chi connectivity index (χ1v) is 8.46. The topological polar surface area (TPSA) is 123 Å². The molecule has 28 heavy (non-hydrogen) atoms. The van der Waals surface area contributed by atoms with Gasteiger partial charge in [-0.05, 0) is 36.2 Å². The van der Waals surface area contributed by atoms with Gasteiger partial charge in [0.1, 0.15) is 11.3 Å². The van der Waals surface area contributed by atoms with Gasteiger partial charge in [-0.2, -0.15) is 5.26 Å². The number of aromatic amines is 2. The lowest BCUT2D eigenvalue weighted by molar-refractivity contribution is 0.0757. The Bertz CT molecular complexity index is 1230. The molecule has 0 aliphatic heterocycles. The minimum Gasteiger partial charge on any atom is -0.329 e. The Morgan fingerprint density at radius 2 is 2.11 bits per heavy atom. The van der Waals surface area contributed by atoms with Crippen molar-refractivity contribution >= 4 is 16.9 Å². The molecule has 0 saturated heterocycles. The molecule has 1 amide bonds. The molecule has 0 bridgehead atoms. The molecule has 2 N–H and O–H groups in total. The van der Waals surface area contributed by atoms with E-state index in [4.69, 9.17) is 5.26 Å². The van der Waals surface area contributed by atoms with E-state index in [1.54, 1.807) is 31.2 Å². The number of rotatable bonds is 5. The fourth-order valence-electron chi connectivity index (χ4n) is 2.96. The van der Waals surface area contributed by atoms with Crippen LogP contribution in [0.1, 0.15) is 27.2 Å². The lowest BCUT2D eigenvalue weighted by atomic mass is 10.1. The van der Waals surface area contributed by atoms with E-state index in [0.29, 0.717) is 11.1 Å². The number of aryl methyl sites for hydroxylation is 1. The molecule has 3 rings (SSSR count). The summed E-state index contributed by atoms with van der Waals surface area (Å²) in [5.74, 6) is -0.381. The van der Waals surface area contributed by atoms with Gasteiger partial charge in [0.05, 0.1) is 17.0 Å². The van der Waals surface area contributed by atoms with Gasteiger partial charge in [-0.25, -0.2) is 9.78 Å². The molecule has 0 unspecified atom stereocenters. The van der Waals surface area contributed by atoms with Crippen LogP contribution in [0.15, 0.2) is 52.6 Å². The summed E-state index contributed by atoms with van der Waals surface area (Å²) < 4.78 is 0. The Kier molecular flexibility index (Phi) is 5.18. The summed E-state index contributed by atoms with van der Waals surface area (Å²) in [5, 5.41) is 9.28. The zero-order chi connectivity index (χ0) is 20.3. The minimum absolute atomic E-state index is 0.0575. The molecule has 0 aliphatic carbocycles. The predicted octanol–water partition coefficient (Wildman–Crippen LogP) is 1.62. The van der Waals surface area contributed by atoms with Crippen LogP contribution in [0.3, 0.4) is 0 Å². The van der Waals surface area contributed by atoms with Gasteiger partial charge in [-0.3, -0.25) is 19.6 Å². The second kappa shape index (κ2) is 7.72. The van der Waals surface area contributed by atoms with Crippen molar-refractivity contribution in [3.05, 3.63) is 86.2 Å². The van der Waals surface area contributed by atoms with E-state index in [9.17, 15) is 14.4 Å². The Morgan fingerprint density at radius 3 is 2.82 bits per heavy atom. The number of carbonyl (C=O) groups excluding carboxylic acids is 1. The molecule has 140 valence electrons. The molecular formula is C20H17N5O3. The summed E-state index contributed by atoms with van der Waals surface area (Å²) in [4.78, 5) is 46.9. The lowest BCUT2D eigenvalue weighted by Gasteiger charge is -2.21. The highest BCUT2D eigenvalue weighted by atomic mass is 16.2. The second-order valence-corrected chi connectivity index (χ2v) is 6.24. The number of fused-ring (bicyclic) bond motifs is 1. The molecule has 0 aliphatic rings. The number of amides is 1. The third kappa shape index (κ3) is 3.73. The predicted molar refractivity (Wildman–Crippen MR) is 104 cm³/mol. The largest absolute Gasteiger partial charge is 0.329 e. The van der Waals surface area contributed by atoms with Gasteiger partial charge in [-0.1, -0.05) is 18.2 Å². The van der Waals surface area contributed by atoms with Gasteiger partial charge in [0.15, 0.2) is 0 Å². The van der Waals surface area contributed by atoms with Crippen LogP contribution in [0.2, 0.25) is 0 Å². The van der Waals surface area contributed by atoms with Crippen LogP contribution in [0, 0.1) is 18.3 Å². The van der Waals surface area contributed by atoms with Gasteiger partial charge in [0, 0.05) is 13.1 Å². The number of carbonyl (C=O) groups is 1. The van der Waals surface area contributed by atoms with Crippen LogP contribution in [-0.4, -0.2) is 32.3 Å². The first-order valence-electron chi connectivity index (χ1n) is 8.46. The average Bonchev–Trinajstić information content (AvgIpc) is 2.66. The average molecular weight is 375 g/mol.